The molecule has 0 saturated heterocycles. The van der Waals surface area contributed by atoms with E-state index < -0.39 is 23.7 Å². The fourth-order valence-electron chi connectivity index (χ4n) is 1.28. The fraction of sp³-hybridized carbons (Fsp3) is 0.818. The van der Waals surface area contributed by atoms with Crippen LogP contribution in [0.5, 0.6) is 0 Å². The van der Waals surface area contributed by atoms with Gasteiger partial charge in [0.2, 0.25) is 0 Å². The van der Waals surface area contributed by atoms with Crippen molar-refractivity contribution in [1.82, 2.24) is 5.32 Å². The summed E-state index contributed by atoms with van der Waals surface area (Å²) >= 11 is 0. The third-order valence-corrected chi connectivity index (χ3v) is 2.05. The molecule has 0 aliphatic rings. The smallest absolute Gasteiger partial charge is 0.408 e. The first-order valence-electron chi connectivity index (χ1n) is 5.99. The number of hydrogen-bond donors (Lipinski definition) is 2. The van der Waals surface area contributed by atoms with Gasteiger partial charge in [-0.3, -0.25) is 0 Å². The van der Waals surface area contributed by atoms with Crippen molar-refractivity contribution in [2.75, 3.05) is 6.54 Å². The highest BCUT2D eigenvalue weighted by Gasteiger charge is 2.23. The van der Waals surface area contributed by atoms with Gasteiger partial charge in [0.15, 0.2) is 0 Å². The second-order valence-electron chi connectivity index (χ2n) is 4.99. The molecule has 0 aromatic carbocycles. The van der Waals surface area contributed by atoms with E-state index in [2.05, 4.69) is 15.3 Å². The first kappa shape index (κ1) is 17.1. The molecule has 1 atom stereocenters. The third-order valence-electron chi connectivity index (χ3n) is 2.05. The predicted octanol–water partition coefficient (Wildman–Crippen LogP) is 2.44. The number of carboxylic acids is 1. The van der Waals surface area contributed by atoms with Crippen molar-refractivity contribution in [3.8, 4) is 0 Å². The standard InChI is InChI=1S/C11H20N4O4/c1-11(2,3)19-10(18)14-8(9(16)17)6-4-5-7-13-15-12/h8H,4-7H2,1-3H3,(H,14,18)(H,16,17). The SMILES string of the molecule is CC(C)(C)OC(=O)NC(CCCCN=[N+]=[N-])C(=O)O. The van der Waals surface area contributed by atoms with Crippen LogP contribution in [-0.4, -0.2) is 35.4 Å². The number of aliphatic carboxylic acids is 1. The number of ether oxygens (including phenoxy) is 1. The molecule has 1 amide bonds. The maximum atomic E-state index is 11.4. The number of carbonyl (C=O) groups is 2. The van der Waals surface area contributed by atoms with Crippen LogP contribution in [0.25, 0.3) is 10.4 Å². The largest absolute Gasteiger partial charge is 0.480 e. The predicted molar refractivity (Wildman–Crippen MR) is 68.7 cm³/mol. The van der Waals surface area contributed by atoms with Crippen LogP contribution in [0.3, 0.4) is 0 Å². The number of unbranched alkanes of at least 4 members (excludes halogenated alkanes) is 1. The van der Waals surface area contributed by atoms with Gasteiger partial charge in [0.05, 0.1) is 0 Å². The Labute approximate surface area is 111 Å². The van der Waals surface area contributed by atoms with E-state index in [4.69, 9.17) is 15.4 Å². The Morgan fingerprint density at radius 2 is 2.05 bits per heavy atom. The maximum absolute atomic E-state index is 11.4. The molecule has 19 heavy (non-hydrogen) atoms. The van der Waals surface area contributed by atoms with E-state index in [1.165, 1.54) is 0 Å². The van der Waals surface area contributed by atoms with Crippen molar-refractivity contribution >= 4 is 12.1 Å². The van der Waals surface area contributed by atoms with Crippen LogP contribution < -0.4 is 5.32 Å². The summed E-state index contributed by atoms with van der Waals surface area (Å²) in [6.07, 6.45) is 0.612. The van der Waals surface area contributed by atoms with Gasteiger partial charge in [0.25, 0.3) is 0 Å². The van der Waals surface area contributed by atoms with Crippen LogP contribution in [0.1, 0.15) is 40.0 Å². The van der Waals surface area contributed by atoms with Crippen LogP contribution in [0, 0.1) is 0 Å². The highest BCUT2D eigenvalue weighted by Crippen LogP contribution is 2.08. The molecule has 0 fully saturated rings. The number of nitrogens with one attached hydrogen (secondary N) is 1. The number of hydrogen-bond acceptors (Lipinski definition) is 4. The van der Waals surface area contributed by atoms with E-state index in [1.807, 2.05) is 0 Å². The van der Waals surface area contributed by atoms with E-state index in [-0.39, 0.29) is 6.42 Å². The zero-order valence-corrected chi connectivity index (χ0v) is 11.4. The number of carboxylic acid groups (broad SMARTS) is 1. The molecule has 0 aromatic rings. The summed E-state index contributed by atoms with van der Waals surface area (Å²) in [6, 6.07) is -0.999. The Morgan fingerprint density at radius 3 is 2.53 bits per heavy atom. The third kappa shape index (κ3) is 9.72. The number of amides is 1. The molecule has 0 aliphatic heterocycles. The summed E-state index contributed by atoms with van der Waals surface area (Å²) in [5.41, 5.74) is 7.41. The van der Waals surface area contributed by atoms with Gasteiger partial charge < -0.3 is 15.2 Å². The van der Waals surface area contributed by atoms with Gasteiger partial charge in [0.1, 0.15) is 11.6 Å². The van der Waals surface area contributed by atoms with Crippen molar-refractivity contribution in [2.24, 2.45) is 5.11 Å². The summed E-state index contributed by atoms with van der Waals surface area (Å²) in [5, 5.41) is 14.6. The zero-order valence-electron chi connectivity index (χ0n) is 11.4. The lowest BCUT2D eigenvalue weighted by atomic mass is 10.1. The van der Waals surface area contributed by atoms with Crippen molar-refractivity contribution in [3.63, 3.8) is 0 Å². The van der Waals surface area contributed by atoms with E-state index in [0.29, 0.717) is 19.4 Å². The van der Waals surface area contributed by atoms with E-state index in [9.17, 15) is 9.59 Å². The maximum Gasteiger partial charge on any atom is 0.408 e. The van der Waals surface area contributed by atoms with Gasteiger partial charge >= 0.3 is 12.1 Å². The quantitative estimate of drug-likeness (QED) is 0.319. The molecule has 0 spiro atoms. The van der Waals surface area contributed by atoms with Crippen molar-refractivity contribution in [2.45, 2.75) is 51.7 Å². The lowest BCUT2D eigenvalue weighted by Crippen LogP contribution is -2.43. The Balaban J connectivity index is 4.15. The first-order valence-corrected chi connectivity index (χ1v) is 5.99. The second-order valence-corrected chi connectivity index (χ2v) is 4.99. The fourth-order valence-corrected chi connectivity index (χ4v) is 1.28. The Hall–Kier alpha value is -1.95. The number of azide groups is 1. The lowest BCUT2D eigenvalue weighted by molar-refractivity contribution is -0.139. The highest BCUT2D eigenvalue weighted by atomic mass is 16.6. The minimum Gasteiger partial charge on any atom is -0.480 e. The van der Waals surface area contributed by atoms with Crippen LogP contribution in [0.15, 0.2) is 5.11 Å². The van der Waals surface area contributed by atoms with Gasteiger partial charge in [-0.15, -0.1) is 0 Å². The molecule has 0 aromatic heterocycles. The van der Waals surface area contributed by atoms with Crippen LogP contribution in [0.4, 0.5) is 4.79 Å². The number of carbonyl (C=O) groups excluding carboxylic acids is 1. The molecule has 0 saturated carbocycles. The molecular weight excluding hydrogens is 252 g/mol. The van der Waals surface area contributed by atoms with Gasteiger partial charge in [0, 0.05) is 11.5 Å². The normalized spacial score (nSPS) is 12.2. The van der Waals surface area contributed by atoms with Crippen LogP contribution >= 0.6 is 0 Å². The molecule has 2 N–H and O–H groups in total. The minimum absolute atomic E-state index is 0.259. The molecule has 8 heteroatoms. The summed E-state index contributed by atoms with van der Waals surface area (Å²) in [4.78, 5) is 25.0. The molecule has 0 rings (SSSR count). The Kier molecular flexibility index (Phi) is 7.36. The van der Waals surface area contributed by atoms with Gasteiger partial charge in [-0.1, -0.05) is 11.5 Å². The van der Waals surface area contributed by atoms with Crippen molar-refractivity contribution < 1.29 is 19.4 Å². The molecule has 0 radical (unpaired) electrons. The minimum atomic E-state index is -1.12. The topological polar surface area (TPSA) is 124 Å². The van der Waals surface area contributed by atoms with Gasteiger partial charge in [-0.05, 0) is 39.1 Å². The molecule has 0 heterocycles. The van der Waals surface area contributed by atoms with Crippen molar-refractivity contribution in [1.29, 1.82) is 0 Å². The van der Waals surface area contributed by atoms with E-state index in [0.717, 1.165) is 0 Å². The summed E-state index contributed by atoms with van der Waals surface area (Å²) in [5.74, 6) is -1.12. The van der Waals surface area contributed by atoms with Crippen LogP contribution in [0.2, 0.25) is 0 Å². The van der Waals surface area contributed by atoms with E-state index >= 15 is 0 Å². The van der Waals surface area contributed by atoms with E-state index in [1.54, 1.807) is 20.8 Å². The molecule has 108 valence electrons. The summed E-state index contributed by atoms with van der Waals surface area (Å²) in [6.45, 7) is 5.40. The Bertz CT molecular complexity index is 358. The summed E-state index contributed by atoms with van der Waals surface area (Å²) in [7, 11) is 0. The lowest BCUT2D eigenvalue weighted by Gasteiger charge is -2.21. The van der Waals surface area contributed by atoms with Crippen molar-refractivity contribution in [3.05, 3.63) is 10.4 Å². The molecule has 1 unspecified atom stereocenters. The molecule has 0 bridgehead atoms. The average molecular weight is 272 g/mol. The zero-order chi connectivity index (χ0) is 14.9. The van der Waals surface area contributed by atoms with Gasteiger partial charge in [-0.25, -0.2) is 9.59 Å². The summed E-state index contributed by atoms with van der Waals surface area (Å²) < 4.78 is 4.98. The molecular formula is C11H20N4O4. The highest BCUT2D eigenvalue weighted by molar-refractivity contribution is 5.79. The molecule has 8 nitrogen and oxygen atoms in total. The monoisotopic (exact) mass is 272 g/mol. The first-order chi connectivity index (χ1) is 8.76. The van der Waals surface area contributed by atoms with Gasteiger partial charge in [-0.2, -0.15) is 0 Å². The number of alkyl carbamates (subject to hydrolysis) is 1. The molecule has 0 aliphatic carbocycles. The number of nitrogens with zero attached hydrogens (tertiary/aromatic N) is 3. The number of rotatable bonds is 7. The second kappa shape index (κ2) is 8.20. The average Bonchev–Trinajstić information content (AvgIpc) is 2.24. The Morgan fingerprint density at radius 1 is 1.42 bits per heavy atom. The van der Waals surface area contributed by atoms with Crippen LogP contribution in [-0.2, 0) is 9.53 Å².